The van der Waals surface area contributed by atoms with E-state index in [1.54, 1.807) is 18.1 Å². The Labute approximate surface area is 78.8 Å². The summed E-state index contributed by atoms with van der Waals surface area (Å²) < 4.78 is 5.04. The standard InChI is InChI=1S/C9H17NO3/c1-4-5-10(7-9(11)12)6-8(2)13-3/h4,8H,1,5-7H2,2-3H3,(H,11,12). The topological polar surface area (TPSA) is 49.8 Å². The molecule has 0 saturated carbocycles. The number of hydrogen-bond acceptors (Lipinski definition) is 3. The highest BCUT2D eigenvalue weighted by Gasteiger charge is 2.11. The first kappa shape index (κ1) is 12.1. The number of aliphatic carboxylic acids is 1. The zero-order valence-electron chi connectivity index (χ0n) is 8.19. The summed E-state index contributed by atoms with van der Waals surface area (Å²) in [6, 6.07) is 0. The summed E-state index contributed by atoms with van der Waals surface area (Å²) in [5.74, 6) is -0.829. The average molecular weight is 187 g/mol. The Morgan fingerprint density at radius 1 is 1.77 bits per heavy atom. The monoisotopic (exact) mass is 187 g/mol. The number of ether oxygens (including phenoxy) is 1. The van der Waals surface area contributed by atoms with Gasteiger partial charge in [0.05, 0.1) is 12.6 Å². The molecule has 0 saturated heterocycles. The van der Waals surface area contributed by atoms with Gasteiger partial charge in [-0.2, -0.15) is 0 Å². The van der Waals surface area contributed by atoms with Gasteiger partial charge in [-0.3, -0.25) is 9.69 Å². The number of carbonyl (C=O) groups is 1. The minimum absolute atomic E-state index is 0.0275. The lowest BCUT2D eigenvalue weighted by molar-refractivity contribution is -0.138. The zero-order chi connectivity index (χ0) is 10.3. The van der Waals surface area contributed by atoms with Crippen LogP contribution in [0.1, 0.15) is 6.92 Å². The molecule has 1 atom stereocenters. The van der Waals surface area contributed by atoms with Crippen LogP contribution >= 0.6 is 0 Å². The lowest BCUT2D eigenvalue weighted by Crippen LogP contribution is -2.36. The van der Waals surface area contributed by atoms with Crippen LogP contribution in [0.4, 0.5) is 0 Å². The van der Waals surface area contributed by atoms with Crippen molar-refractivity contribution in [2.75, 3.05) is 26.7 Å². The molecule has 0 aromatic heterocycles. The Kier molecular flexibility index (Phi) is 6.18. The van der Waals surface area contributed by atoms with Crippen molar-refractivity contribution in [3.8, 4) is 0 Å². The molecule has 0 aliphatic carbocycles. The van der Waals surface area contributed by atoms with E-state index in [9.17, 15) is 4.79 Å². The maximum absolute atomic E-state index is 10.4. The van der Waals surface area contributed by atoms with Gasteiger partial charge < -0.3 is 9.84 Å². The predicted molar refractivity (Wildman–Crippen MR) is 50.7 cm³/mol. The first-order valence-electron chi connectivity index (χ1n) is 4.18. The number of carboxylic acids is 1. The molecule has 0 radical (unpaired) electrons. The van der Waals surface area contributed by atoms with E-state index in [1.165, 1.54) is 0 Å². The SMILES string of the molecule is C=CCN(CC(=O)O)CC(C)OC. The number of methoxy groups -OCH3 is 1. The fraction of sp³-hybridized carbons (Fsp3) is 0.667. The van der Waals surface area contributed by atoms with Gasteiger partial charge in [0.2, 0.25) is 0 Å². The largest absolute Gasteiger partial charge is 0.480 e. The molecular formula is C9H17NO3. The van der Waals surface area contributed by atoms with E-state index in [2.05, 4.69) is 6.58 Å². The lowest BCUT2D eigenvalue weighted by Gasteiger charge is -2.21. The van der Waals surface area contributed by atoms with Crippen molar-refractivity contribution in [3.05, 3.63) is 12.7 Å². The Hall–Kier alpha value is -0.870. The minimum Gasteiger partial charge on any atom is -0.480 e. The summed E-state index contributed by atoms with van der Waals surface area (Å²) in [6.45, 7) is 6.67. The van der Waals surface area contributed by atoms with Crippen LogP contribution in [-0.4, -0.2) is 48.8 Å². The smallest absolute Gasteiger partial charge is 0.317 e. The van der Waals surface area contributed by atoms with Crippen LogP contribution in [0.15, 0.2) is 12.7 Å². The van der Waals surface area contributed by atoms with Crippen LogP contribution in [0.25, 0.3) is 0 Å². The maximum Gasteiger partial charge on any atom is 0.317 e. The van der Waals surface area contributed by atoms with Crippen molar-refractivity contribution in [2.45, 2.75) is 13.0 Å². The van der Waals surface area contributed by atoms with Crippen molar-refractivity contribution in [3.63, 3.8) is 0 Å². The van der Waals surface area contributed by atoms with E-state index >= 15 is 0 Å². The number of rotatable bonds is 7. The highest BCUT2D eigenvalue weighted by atomic mass is 16.5. The molecule has 0 aromatic rings. The highest BCUT2D eigenvalue weighted by Crippen LogP contribution is 1.95. The third kappa shape index (κ3) is 6.31. The number of nitrogens with zero attached hydrogens (tertiary/aromatic N) is 1. The van der Waals surface area contributed by atoms with Crippen molar-refractivity contribution >= 4 is 5.97 Å². The van der Waals surface area contributed by atoms with E-state index in [-0.39, 0.29) is 12.6 Å². The van der Waals surface area contributed by atoms with Gasteiger partial charge in [0.15, 0.2) is 0 Å². The first-order chi connectivity index (χ1) is 6.10. The van der Waals surface area contributed by atoms with Gasteiger partial charge in [-0.1, -0.05) is 6.08 Å². The van der Waals surface area contributed by atoms with Gasteiger partial charge >= 0.3 is 5.97 Å². The van der Waals surface area contributed by atoms with E-state index in [0.717, 1.165) is 0 Å². The molecule has 76 valence electrons. The Balaban J connectivity index is 3.92. The summed E-state index contributed by atoms with van der Waals surface area (Å²) >= 11 is 0. The molecule has 0 aromatic carbocycles. The minimum atomic E-state index is -0.829. The molecule has 4 nitrogen and oxygen atoms in total. The second kappa shape index (κ2) is 6.62. The predicted octanol–water partition coefficient (Wildman–Crippen LogP) is 0.594. The van der Waals surface area contributed by atoms with Crippen LogP contribution in [0.5, 0.6) is 0 Å². The third-order valence-electron chi connectivity index (χ3n) is 1.66. The van der Waals surface area contributed by atoms with Gasteiger partial charge in [0, 0.05) is 20.2 Å². The summed E-state index contributed by atoms with van der Waals surface area (Å²) in [7, 11) is 1.61. The molecule has 0 aliphatic rings. The normalized spacial score (nSPS) is 12.8. The fourth-order valence-corrected chi connectivity index (χ4v) is 1.02. The fourth-order valence-electron chi connectivity index (χ4n) is 1.02. The van der Waals surface area contributed by atoms with Crippen LogP contribution in [-0.2, 0) is 9.53 Å². The number of carboxylic acid groups (broad SMARTS) is 1. The molecule has 4 heteroatoms. The van der Waals surface area contributed by atoms with Crippen LogP contribution in [0, 0.1) is 0 Å². The van der Waals surface area contributed by atoms with Gasteiger partial charge in [0.1, 0.15) is 0 Å². The van der Waals surface area contributed by atoms with Gasteiger partial charge in [-0.05, 0) is 6.92 Å². The molecule has 0 rings (SSSR count). The third-order valence-corrected chi connectivity index (χ3v) is 1.66. The second-order valence-corrected chi connectivity index (χ2v) is 2.92. The second-order valence-electron chi connectivity index (χ2n) is 2.92. The zero-order valence-corrected chi connectivity index (χ0v) is 8.19. The summed E-state index contributed by atoms with van der Waals surface area (Å²) in [4.78, 5) is 12.2. The molecule has 1 N–H and O–H groups in total. The van der Waals surface area contributed by atoms with E-state index in [0.29, 0.717) is 13.1 Å². The van der Waals surface area contributed by atoms with Gasteiger partial charge in [-0.25, -0.2) is 0 Å². The molecular weight excluding hydrogens is 170 g/mol. The summed E-state index contributed by atoms with van der Waals surface area (Å²) in [5, 5.41) is 8.58. The van der Waals surface area contributed by atoms with Crippen molar-refractivity contribution < 1.29 is 14.6 Å². The molecule has 0 heterocycles. The molecule has 0 aliphatic heterocycles. The van der Waals surface area contributed by atoms with Crippen LogP contribution < -0.4 is 0 Å². The summed E-state index contributed by atoms with van der Waals surface area (Å²) in [5.41, 5.74) is 0. The Morgan fingerprint density at radius 2 is 2.38 bits per heavy atom. The molecule has 0 fully saturated rings. The van der Waals surface area contributed by atoms with E-state index in [4.69, 9.17) is 9.84 Å². The highest BCUT2D eigenvalue weighted by molar-refractivity contribution is 5.69. The summed E-state index contributed by atoms with van der Waals surface area (Å²) in [6.07, 6.45) is 1.73. The average Bonchev–Trinajstić information content (AvgIpc) is 2.03. The van der Waals surface area contributed by atoms with E-state index in [1.807, 2.05) is 6.92 Å². The molecule has 0 amide bonds. The first-order valence-corrected chi connectivity index (χ1v) is 4.18. The van der Waals surface area contributed by atoms with Crippen molar-refractivity contribution in [1.29, 1.82) is 0 Å². The Bertz CT molecular complexity index is 170. The molecule has 1 unspecified atom stereocenters. The maximum atomic E-state index is 10.4. The lowest BCUT2D eigenvalue weighted by atomic mass is 10.3. The van der Waals surface area contributed by atoms with Gasteiger partial charge in [-0.15, -0.1) is 6.58 Å². The number of hydrogen-bond donors (Lipinski definition) is 1. The van der Waals surface area contributed by atoms with Crippen molar-refractivity contribution in [2.24, 2.45) is 0 Å². The Morgan fingerprint density at radius 3 is 2.77 bits per heavy atom. The van der Waals surface area contributed by atoms with Crippen LogP contribution in [0.3, 0.4) is 0 Å². The quantitative estimate of drug-likeness (QED) is 0.593. The van der Waals surface area contributed by atoms with Crippen molar-refractivity contribution in [1.82, 2.24) is 4.90 Å². The van der Waals surface area contributed by atoms with E-state index < -0.39 is 5.97 Å². The van der Waals surface area contributed by atoms with Gasteiger partial charge in [0.25, 0.3) is 0 Å². The molecule has 0 spiro atoms. The molecule has 13 heavy (non-hydrogen) atoms. The molecule has 0 bridgehead atoms. The van der Waals surface area contributed by atoms with Crippen LogP contribution in [0.2, 0.25) is 0 Å².